The molecule has 8 heteroatoms. The van der Waals surface area contributed by atoms with Crippen LogP contribution in [0.3, 0.4) is 0 Å². The van der Waals surface area contributed by atoms with Gasteiger partial charge in [0.2, 0.25) is 0 Å². The molecule has 0 atom stereocenters. The predicted molar refractivity (Wildman–Crippen MR) is 52.4 cm³/mol. The molecule has 5 nitrogen and oxygen atoms in total. The minimum absolute atomic E-state index is 0.651. The Hall–Kier alpha value is -1.83. The molecule has 0 aromatic carbocycles. The van der Waals surface area contributed by atoms with Gasteiger partial charge in [0.1, 0.15) is 0 Å². The Balaban J connectivity index is 2.32. The highest BCUT2D eigenvalue weighted by Crippen LogP contribution is 2.13. The normalized spacial score (nSPS) is 12.0. The average Bonchev–Trinajstić information content (AvgIpc) is 2.59. The van der Waals surface area contributed by atoms with E-state index in [0.717, 1.165) is 6.08 Å². The number of carbonyl (C=O) groups is 1. The van der Waals surface area contributed by atoms with Gasteiger partial charge in [-0.1, -0.05) is 0 Å². The van der Waals surface area contributed by atoms with Crippen molar-refractivity contribution < 1.29 is 22.8 Å². The van der Waals surface area contributed by atoms with Crippen LogP contribution < -0.4 is 5.48 Å². The zero-order valence-corrected chi connectivity index (χ0v) is 8.86. The van der Waals surface area contributed by atoms with E-state index < -0.39 is 18.7 Å². The molecular weight excluding hydrogens is 239 g/mol. The van der Waals surface area contributed by atoms with Gasteiger partial charge in [-0.2, -0.15) is 18.3 Å². The lowest BCUT2D eigenvalue weighted by Gasteiger charge is -2.06. The fourth-order valence-corrected chi connectivity index (χ4v) is 0.921. The number of amides is 1. The molecule has 17 heavy (non-hydrogen) atoms. The number of nitrogens with one attached hydrogen (secondary N) is 1. The van der Waals surface area contributed by atoms with E-state index >= 15 is 0 Å². The van der Waals surface area contributed by atoms with E-state index in [1.807, 2.05) is 0 Å². The summed E-state index contributed by atoms with van der Waals surface area (Å²) in [6.07, 6.45) is 1.12. The molecule has 94 valence electrons. The van der Waals surface area contributed by atoms with Crippen LogP contribution in [0.2, 0.25) is 0 Å². The van der Waals surface area contributed by atoms with Gasteiger partial charge in [0.05, 0.1) is 6.20 Å². The molecule has 1 rings (SSSR count). The summed E-state index contributed by atoms with van der Waals surface area (Å²) in [5.74, 6) is -0.780. The molecule has 0 spiro atoms. The number of aryl methyl sites for hydroxylation is 1. The molecule has 1 amide bonds. The second kappa shape index (κ2) is 5.48. The Labute approximate surface area is 94.8 Å². The quantitative estimate of drug-likeness (QED) is 0.640. The third-order valence-electron chi connectivity index (χ3n) is 1.56. The lowest BCUT2D eigenvalue weighted by atomic mass is 10.3. The molecule has 1 N–H and O–H groups in total. The van der Waals surface area contributed by atoms with E-state index in [1.54, 1.807) is 18.7 Å². The number of hydrogen-bond donors (Lipinski definition) is 1. The molecular formula is C9H10F3N3O2. The smallest absolute Gasteiger partial charge is 0.275 e. The van der Waals surface area contributed by atoms with Crippen molar-refractivity contribution in [3.8, 4) is 0 Å². The standard InChI is InChI=1S/C9H10F3N3O2/c1-15-5-7(4-13-15)2-3-8(16)14-17-6-9(10,11)12/h2-5H,6H2,1H3,(H,14,16)/b3-2+. The van der Waals surface area contributed by atoms with Crippen LogP contribution in [0.15, 0.2) is 18.5 Å². The van der Waals surface area contributed by atoms with Crippen molar-refractivity contribution in [1.82, 2.24) is 15.3 Å². The summed E-state index contributed by atoms with van der Waals surface area (Å²) in [7, 11) is 1.70. The first kappa shape index (κ1) is 13.2. The third-order valence-corrected chi connectivity index (χ3v) is 1.56. The first-order valence-electron chi connectivity index (χ1n) is 4.52. The molecule has 0 aliphatic carbocycles. The van der Waals surface area contributed by atoms with Gasteiger partial charge >= 0.3 is 6.18 Å². The van der Waals surface area contributed by atoms with Gasteiger partial charge < -0.3 is 0 Å². The van der Waals surface area contributed by atoms with Crippen molar-refractivity contribution in [2.45, 2.75) is 6.18 Å². The molecule has 0 aliphatic heterocycles. The number of rotatable bonds is 4. The van der Waals surface area contributed by atoms with Crippen LogP contribution in [0.25, 0.3) is 6.08 Å². The Morgan fingerprint density at radius 3 is 2.88 bits per heavy atom. The van der Waals surface area contributed by atoms with E-state index in [1.165, 1.54) is 17.0 Å². The number of halogens is 3. The molecule has 0 bridgehead atoms. The van der Waals surface area contributed by atoms with Gasteiger partial charge in [-0.05, 0) is 6.08 Å². The number of alkyl halides is 3. The number of nitrogens with zero attached hydrogens (tertiary/aromatic N) is 2. The largest absolute Gasteiger partial charge is 0.414 e. The van der Waals surface area contributed by atoms with Crippen molar-refractivity contribution in [3.05, 3.63) is 24.0 Å². The van der Waals surface area contributed by atoms with Crippen LogP contribution in [0.1, 0.15) is 5.56 Å². The molecule has 1 heterocycles. The monoisotopic (exact) mass is 249 g/mol. The van der Waals surface area contributed by atoms with Crippen LogP contribution in [0.4, 0.5) is 13.2 Å². The predicted octanol–water partition coefficient (Wildman–Crippen LogP) is 1.04. The average molecular weight is 249 g/mol. The zero-order chi connectivity index (χ0) is 12.9. The molecule has 0 fully saturated rings. The van der Waals surface area contributed by atoms with E-state index in [2.05, 4.69) is 9.94 Å². The van der Waals surface area contributed by atoms with Crippen molar-refractivity contribution in [2.24, 2.45) is 7.05 Å². The third kappa shape index (κ3) is 5.71. The Morgan fingerprint density at radius 2 is 2.35 bits per heavy atom. The lowest BCUT2D eigenvalue weighted by Crippen LogP contribution is -2.28. The van der Waals surface area contributed by atoms with Crippen LogP contribution in [-0.2, 0) is 16.7 Å². The van der Waals surface area contributed by atoms with Crippen molar-refractivity contribution >= 4 is 12.0 Å². The maximum absolute atomic E-state index is 11.7. The molecule has 1 aromatic heterocycles. The van der Waals surface area contributed by atoms with Gasteiger partial charge in [0, 0.05) is 24.9 Å². The number of hydrogen-bond acceptors (Lipinski definition) is 3. The number of carbonyl (C=O) groups excluding carboxylic acids is 1. The highest BCUT2D eigenvalue weighted by molar-refractivity contribution is 5.90. The second-order valence-electron chi connectivity index (χ2n) is 3.15. The highest BCUT2D eigenvalue weighted by Gasteiger charge is 2.28. The van der Waals surface area contributed by atoms with Gasteiger partial charge in [-0.3, -0.25) is 14.3 Å². The minimum Gasteiger partial charge on any atom is -0.275 e. The Morgan fingerprint density at radius 1 is 1.65 bits per heavy atom. The summed E-state index contributed by atoms with van der Waals surface area (Å²) < 4.78 is 36.5. The maximum Gasteiger partial charge on any atom is 0.414 e. The minimum atomic E-state index is -4.47. The maximum atomic E-state index is 11.7. The van der Waals surface area contributed by atoms with Crippen LogP contribution >= 0.6 is 0 Å². The van der Waals surface area contributed by atoms with E-state index in [4.69, 9.17) is 0 Å². The van der Waals surface area contributed by atoms with Gasteiger partial charge in [-0.15, -0.1) is 0 Å². The molecule has 1 aromatic rings. The van der Waals surface area contributed by atoms with Gasteiger partial charge in [0.15, 0.2) is 6.61 Å². The molecule has 0 aliphatic rings. The number of hydroxylamine groups is 1. The Bertz CT molecular complexity index is 412. The second-order valence-corrected chi connectivity index (χ2v) is 3.15. The summed E-state index contributed by atoms with van der Waals surface area (Å²) >= 11 is 0. The topological polar surface area (TPSA) is 56.2 Å². The van der Waals surface area contributed by atoms with Gasteiger partial charge in [0.25, 0.3) is 5.91 Å². The molecule has 0 unspecified atom stereocenters. The number of aromatic nitrogens is 2. The highest BCUT2D eigenvalue weighted by atomic mass is 19.4. The van der Waals surface area contributed by atoms with Crippen LogP contribution in [0.5, 0.6) is 0 Å². The van der Waals surface area contributed by atoms with E-state index in [9.17, 15) is 18.0 Å². The molecule has 0 saturated heterocycles. The first-order valence-corrected chi connectivity index (χ1v) is 4.52. The lowest BCUT2D eigenvalue weighted by molar-refractivity contribution is -0.190. The summed E-state index contributed by atoms with van der Waals surface area (Å²) in [5.41, 5.74) is 2.29. The van der Waals surface area contributed by atoms with E-state index in [0.29, 0.717) is 5.56 Å². The summed E-state index contributed by atoms with van der Waals surface area (Å²) in [5, 5.41) is 3.84. The summed E-state index contributed by atoms with van der Waals surface area (Å²) in [6, 6.07) is 0. The fraction of sp³-hybridized carbons (Fsp3) is 0.333. The fourth-order valence-electron chi connectivity index (χ4n) is 0.921. The van der Waals surface area contributed by atoms with Crippen molar-refractivity contribution in [3.63, 3.8) is 0 Å². The van der Waals surface area contributed by atoms with E-state index in [-0.39, 0.29) is 0 Å². The van der Waals surface area contributed by atoms with Crippen molar-refractivity contribution in [1.29, 1.82) is 0 Å². The molecule has 0 saturated carbocycles. The first-order chi connectivity index (χ1) is 7.87. The summed E-state index contributed by atoms with van der Waals surface area (Å²) in [4.78, 5) is 14.9. The van der Waals surface area contributed by atoms with Crippen LogP contribution in [0, 0.1) is 0 Å². The Kier molecular flexibility index (Phi) is 4.27. The SMILES string of the molecule is Cn1cc(/C=C/C(=O)NOCC(F)(F)F)cn1. The molecule has 0 radical (unpaired) electrons. The zero-order valence-electron chi connectivity index (χ0n) is 8.86. The van der Waals surface area contributed by atoms with Crippen molar-refractivity contribution in [2.75, 3.05) is 6.61 Å². The van der Waals surface area contributed by atoms with Crippen LogP contribution in [-0.4, -0.2) is 28.5 Å². The summed E-state index contributed by atoms with van der Waals surface area (Å²) in [6.45, 7) is -1.53. The van der Waals surface area contributed by atoms with Gasteiger partial charge in [-0.25, -0.2) is 5.48 Å².